The predicted octanol–water partition coefficient (Wildman–Crippen LogP) is 5.32. The second-order valence-corrected chi connectivity index (χ2v) is 8.31. The van der Waals surface area contributed by atoms with Gasteiger partial charge in [0.15, 0.2) is 6.61 Å². The Labute approximate surface area is 212 Å². The number of aromatic nitrogens is 1. The predicted molar refractivity (Wildman–Crippen MR) is 140 cm³/mol. The van der Waals surface area contributed by atoms with Gasteiger partial charge in [-0.15, -0.1) is 0 Å². The quantitative estimate of drug-likeness (QED) is 0.252. The number of para-hydroxylation sites is 1. The van der Waals surface area contributed by atoms with Gasteiger partial charge in [0.25, 0.3) is 5.91 Å². The van der Waals surface area contributed by atoms with E-state index in [2.05, 4.69) is 5.32 Å². The Hall–Kier alpha value is -4.31. The van der Waals surface area contributed by atoms with Crippen molar-refractivity contribution in [3.05, 3.63) is 82.2 Å². The fourth-order valence-corrected chi connectivity index (χ4v) is 4.14. The van der Waals surface area contributed by atoms with Crippen molar-refractivity contribution in [1.82, 2.24) is 4.57 Å². The summed E-state index contributed by atoms with van der Waals surface area (Å²) in [7, 11) is 1.61. The number of carbonyl (C=O) groups excluding carboxylic acids is 2. The van der Waals surface area contributed by atoms with Crippen LogP contribution in [0.15, 0.2) is 54.1 Å². The number of ether oxygens (including phenoxy) is 2. The number of aryl methyl sites for hydroxylation is 3. The molecule has 3 aromatic rings. The number of rotatable bonds is 9. The van der Waals surface area contributed by atoms with E-state index in [0.717, 1.165) is 52.5 Å². The van der Waals surface area contributed by atoms with E-state index in [9.17, 15) is 14.9 Å². The Balaban J connectivity index is 1.74. The van der Waals surface area contributed by atoms with Crippen LogP contribution in [0.1, 0.15) is 41.9 Å². The van der Waals surface area contributed by atoms with E-state index in [0.29, 0.717) is 5.56 Å². The number of nitrogens with zero attached hydrogens (tertiary/aromatic N) is 2. The van der Waals surface area contributed by atoms with E-state index in [1.165, 1.54) is 6.08 Å². The van der Waals surface area contributed by atoms with Crippen LogP contribution in [0.2, 0.25) is 0 Å². The summed E-state index contributed by atoms with van der Waals surface area (Å²) < 4.78 is 12.4. The maximum absolute atomic E-state index is 12.6. The topological polar surface area (TPSA) is 93.4 Å². The van der Waals surface area contributed by atoms with Crippen LogP contribution in [0.3, 0.4) is 0 Å². The summed E-state index contributed by atoms with van der Waals surface area (Å²) >= 11 is 0. The number of hydrogen-bond acceptors (Lipinski definition) is 5. The third kappa shape index (κ3) is 5.84. The van der Waals surface area contributed by atoms with Crippen molar-refractivity contribution < 1.29 is 19.1 Å². The number of nitriles is 1. The highest BCUT2D eigenvalue weighted by Gasteiger charge is 2.17. The van der Waals surface area contributed by atoms with E-state index in [1.807, 2.05) is 86.9 Å². The summed E-state index contributed by atoms with van der Waals surface area (Å²) in [6.45, 7) is 7.40. The van der Waals surface area contributed by atoms with Crippen molar-refractivity contribution >= 4 is 23.6 Å². The van der Waals surface area contributed by atoms with Crippen molar-refractivity contribution in [3.8, 4) is 17.5 Å². The zero-order valence-corrected chi connectivity index (χ0v) is 21.3. The molecule has 0 saturated heterocycles. The van der Waals surface area contributed by atoms with Crippen molar-refractivity contribution in [2.45, 2.75) is 40.5 Å². The molecule has 7 heteroatoms. The molecule has 1 heterocycles. The third-order valence-electron chi connectivity index (χ3n) is 6.04. The molecule has 0 spiro atoms. The lowest BCUT2D eigenvalue weighted by atomic mass is 10.0. The first-order valence-electron chi connectivity index (χ1n) is 11.9. The molecule has 7 nitrogen and oxygen atoms in total. The van der Waals surface area contributed by atoms with E-state index in [4.69, 9.17) is 9.47 Å². The van der Waals surface area contributed by atoms with Gasteiger partial charge in [0.05, 0.1) is 7.11 Å². The molecule has 1 N–H and O–H groups in total. The summed E-state index contributed by atoms with van der Waals surface area (Å²) in [6.07, 6.45) is 3.02. The summed E-state index contributed by atoms with van der Waals surface area (Å²) in [4.78, 5) is 25.1. The fourth-order valence-electron chi connectivity index (χ4n) is 4.14. The average Bonchev–Trinajstić information content (AvgIpc) is 3.18. The van der Waals surface area contributed by atoms with Gasteiger partial charge in [-0.05, 0) is 79.8 Å². The lowest BCUT2D eigenvalue weighted by molar-refractivity contribution is -0.142. The van der Waals surface area contributed by atoms with Crippen LogP contribution in [0, 0.1) is 25.2 Å². The van der Waals surface area contributed by atoms with Crippen molar-refractivity contribution in [3.63, 3.8) is 0 Å². The fraction of sp³-hybridized carbons (Fsp3) is 0.276. The summed E-state index contributed by atoms with van der Waals surface area (Å²) in [5.74, 6) is -0.542. The Bertz CT molecular complexity index is 1310. The zero-order chi connectivity index (χ0) is 26.2. The van der Waals surface area contributed by atoms with Gasteiger partial charge >= 0.3 is 5.97 Å². The Kier molecular flexibility index (Phi) is 8.69. The molecule has 0 aliphatic rings. The molecule has 0 aliphatic carbocycles. The van der Waals surface area contributed by atoms with Gasteiger partial charge in [-0.25, -0.2) is 4.79 Å². The zero-order valence-electron chi connectivity index (χ0n) is 21.3. The van der Waals surface area contributed by atoms with Gasteiger partial charge in [-0.2, -0.15) is 5.26 Å². The molecule has 36 heavy (non-hydrogen) atoms. The van der Waals surface area contributed by atoms with Crippen LogP contribution in [0.4, 0.5) is 5.69 Å². The number of esters is 1. The Morgan fingerprint density at radius 1 is 1.06 bits per heavy atom. The SMILES string of the molecule is CCc1cccc(CC)c1NC(=O)COC(=O)/C(C#N)=C/c1cc(C)n(-c2ccc(OC)cc2)c1C. The minimum Gasteiger partial charge on any atom is -0.497 e. The smallest absolute Gasteiger partial charge is 0.349 e. The second-order valence-electron chi connectivity index (χ2n) is 8.31. The van der Waals surface area contributed by atoms with Crippen LogP contribution in [0.25, 0.3) is 11.8 Å². The minimum absolute atomic E-state index is 0.180. The minimum atomic E-state index is -0.846. The molecule has 0 atom stereocenters. The number of anilines is 1. The summed E-state index contributed by atoms with van der Waals surface area (Å²) in [5, 5.41) is 12.5. The maximum Gasteiger partial charge on any atom is 0.349 e. The first-order chi connectivity index (χ1) is 17.3. The van der Waals surface area contributed by atoms with Gasteiger partial charge in [0.2, 0.25) is 0 Å². The van der Waals surface area contributed by atoms with E-state index < -0.39 is 18.5 Å². The largest absolute Gasteiger partial charge is 0.497 e. The molecule has 3 rings (SSSR count). The molecule has 2 aromatic carbocycles. The Morgan fingerprint density at radius 2 is 1.69 bits per heavy atom. The monoisotopic (exact) mass is 485 g/mol. The van der Waals surface area contributed by atoms with E-state index in [1.54, 1.807) is 7.11 Å². The van der Waals surface area contributed by atoms with Crippen molar-refractivity contribution in [2.75, 3.05) is 19.0 Å². The molecule has 0 bridgehead atoms. The van der Waals surface area contributed by atoms with Crippen LogP contribution < -0.4 is 10.1 Å². The van der Waals surface area contributed by atoms with Crippen LogP contribution in [0.5, 0.6) is 5.75 Å². The molecule has 0 aliphatic heterocycles. The molecule has 0 fully saturated rings. The molecule has 0 unspecified atom stereocenters. The van der Waals surface area contributed by atoms with E-state index in [-0.39, 0.29) is 5.57 Å². The standard InChI is InChI=1S/C29H31N3O4/c1-6-21-9-8-10-22(7-2)28(21)31-27(33)18-36-29(34)24(17-30)16-23-15-19(3)32(20(23)4)25-11-13-26(35-5)14-12-25/h8-16H,6-7,18H2,1-5H3,(H,31,33)/b24-16+. The summed E-state index contributed by atoms with van der Waals surface area (Å²) in [6, 6.07) is 17.3. The van der Waals surface area contributed by atoms with Gasteiger partial charge < -0.3 is 19.4 Å². The Morgan fingerprint density at radius 3 is 2.25 bits per heavy atom. The first kappa shape index (κ1) is 26.3. The van der Waals surface area contributed by atoms with Crippen LogP contribution in [-0.4, -0.2) is 30.2 Å². The van der Waals surface area contributed by atoms with Crippen LogP contribution in [-0.2, 0) is 27.2 Å². The first-order valence-corrected chi connectivity index (χ1v) is 11.9. The lowest BCUT2D eigenvalue weighted by Gasteiger charge is -2.14. The molecule has 0 radical (unpaired) electrons. The highest BCUT2D eigenvalue weighted by atomic mass is 16.5. The lowest BCUT2D eigenvalue weighted by Crippen LogP contribution is -2.22. The highest BCUT2D eigenvalue weighted by Crippen LogP contribution is 2.25. The number of nitrogens with one attached hydrogen (secondary N) is 1. The number of benzene rings is 2. The number of amides is 1. The van der Waals surface area contributed by atoms with Gasteiger partial charge in [0.1, 0.15) is 17.4 Å². The molecule has 1 aromatic heterocycles. The van der Waals surface area contributed by atoms with Gasteiger partial charge in [-0.1, -0.05) is 32.0 Å². The second kappa shape index (κ2) is 11.9. The number of carbonyl (C=O) groups is 2. The average molecular weight is 486 g/mol. The number of hydrogen-bond donors (Lipinski definition) is 1. The van der Waals surface area contributed by atoms with Crippen molar-refractivity contribution in [1.29, 1.82) is 5.26 Å². The maximum atomic E-state index is 12.6. The van der Waals surface area contributed by atoms with Crippen LogP contribution >= 0.6 is 0 Å². The van der Waals surface area contributed by atoms with Gasteiger partial charge in [-0.3, -0.25) is 4.79 Å². The third-order valence-corrected chi connectivity index (χ3v) is 6.04. The van der Waals surface area contributed by atoms with Gasteiger partial charge in [0, 0.05) is 22.8 Å². The molecular weight excluding hydrogens is 454 g/mol. The number of methoxy groups -OCH3 is 1. The molecule has 1 amide bonds. The molecular formula is C29H31N3O4. The van der Waals surface area contributed by atoms with E-state index >= 15 is 0 Å². The molecule has 186 valence electrons. The highest BCUT2D eigenvalue weighted by molar-refractivity contribution is 6.00. The normalized spacial score (nSPS) is 11.1. The molecule has 0 saturated carbocycles. The van der Waals surface area contributed by atoms with Crippen molar-refractivity contribution in [2.24, 2.45) is 0 Å². The summed E-state index contributed by atoms with van der Waals surface area (Å²) in [5.41, 5.74) is 6.05.